The van der Waals surface area contributed by atoms with Crippen molar-refractivity contribution in [3.63, 3.8) is 0 Å². The third kappa shape index (κ3) is 2.50. The lowest BCUT2D eigenvalue weighted by Gasteiger charge is -2.09. The largest absolute Gasteiger partial charge is 0.257 e. The monoisotopic (exact) mass is 256 g/mol. The van der Waals surface area contributed by atoms with Gasteiger partial charge in [0.25, 0.3) is 0 Å². The summed E-state index contributed by atoms with van der Waals surface area (Å²) in [5.41, 5.74) is 3.55. The predicted octanol–water partition coefficient (Wildman–Crippen LogP) is 4.28. The van der Waals surface area contributed by atoms with Gasteiger partial charge in [-0.2, -0.15) is 0 Å². The van der Waals surface area contributed by atoms with Gasteiger partial charge in [0.15, 0.2) is 0 Å². The molecule has 1 aliphatic carbocycles. The zero-order valence-electron chi connectivity index (χ0n) is 11.2. The van der Waals surface area contributed by atoms with Crippen molar-refractivity contribution in [3.05, 3.63) is 47.7 Å². The minimum absolute atomic E-state index is 0.152. The van der Waals surface area contributed by atoms with Crippen molar-refractivity contribution in [2.75, 3.05) is 0 Å². The second kappa shape index (κ2) is 4.72. The molecule has 2 aromatic rings. The third-order valence-electron chi connectivity index (χ3n) is 3.58. The fourth-order valence-corrected chi connectivity index (χ4v) is 2.22. The highest BCUT2D eigenvalue weighted by molar-refractivity contribution is 5.59. The molecule has 0 N–H and O–H groups in total. The molecule has 0 amide bonds. The highest BCUT2D eigenvalue weighted by Crippen LogP contribution is 2.38. The summed E-state index contributed by atoms with van der Waals surface area (Å²) < 4.78 is 13.7. The highest BCUT2D eigenvalue weighted by atomic mass is 19.1. The van der Waals surface area contributed by atoms with Gasteiger partial charge in [0.1, 0.15) is 5.82 Å². The van der Waals surface area contributed by atoms with Crippen LogP contribution in [0.5, 0.6) is 0 Å². The SMILES string of the molecule is CC(C)c1cc(-c2cnc(C3CC3)cn2)ccc1F. The first-order valence-corrected chi connectivity index (χ1v) is 6.77. The molecule has 3 rings (SSSR count). The molecular weight excluding hydrogens is 239 g/mol. The van der Waals surface area contributed by atoms with Gasteiger partial charge < -0.3 is 0 Å². The Morgan fingerprint density at radius 3 is 2.53 bits per heavy atom. The predicted molar refractivity (Wildman–Crippen MR) is 73.5 cm³/mol. The number of benzene rings is 1. The normalized spacial score (nSPS) is 14.9. The van der Waals surface area contributed by atoms with Crippen LogP contribution in [-0.2, 0) is 0 Å². The molecule has 0 aliphatic heterocycles. The molecule has 1 aromatic carbocycles. The second-order valence-corrected chi connectivity index (χ2v) is 5.49. The highest BCUT2D eigenvalue weighted by Gasteiger charge is 2.25. The van der Waals surface area contributed by atoms with E-state index in [9.17, 15) is 4.39 Å². The first kappa shape index (κ1) is 12.3. The van der Waals surface area contributed by atoms with Crippen molar-refractivity contribution in [2.24, 2.45) is 0 Å². The molecule has 1 saturated carbocycles. The fourth-order valence-electron chi connectivity index (χ4n) is 2.22. The van der Waals surface area contributed by atoms with Gasteiger partial charge in [0.2, 0.25) is 0 Å². The Balaban J connectivity index is 1.94. The van der Waals surface area contributed by atoms with Gasteiger partial charge in [-0.3, -0.25) is 9.97 Å². The summed E-state index contributed by atoms with van der Waals surface area (Å²) in [6.07, 6.45) is 6.10. The Morgan fingerprint density at radius 2 is 1.95 bits per heavy atom. The summed E-state index contributed by atoms with van der Waals surface area (Å²) in [5.74, 6) is 0.626. The quantitative estimate of drug-likeness (QED) is 0.819. The fraction of sp³-hybridized carbons (Fsp3) is 0.375. The first-order valence-electron chi connectivity index (χ1n) is 6.77. The Morgan fingerprint density at radius 1 is 1.16 bits per heavy atom. The molecule has 19 heavy (non-hydrogen) atoms. The molecule has 0 radical (unpaired) electrons. The average molecular weight is 256 g/mol. The Bertz CT molecular complexity index is 586. The van der Waals surface area contributed by atoms with E-state index in [1.54, 1.807) is 12.3 Å². The average Bonchev–Trinajstić information content (AvgIpc) is 3.23. The summed E-state index contributed by atoms with van der Waals surface area (Å²) in [4.78, 5) is 8.91. The standard InChI is InChI=1S/C16H17FN2/c1-10(2)13-7-12(5-6-14(13)17)16-9-18-15(8-19-16)11-3-4-11/h5-11H,3-4H2,1-2H3. The van der Waals surface area contributed by atoms with E-state index >= 15 is 0 Å². The maximum atomic E-state index is 13.7. The van der Waals surface area contributed by atoms with Crippen LogP contribution in [0.15, 0.2) is 30.6 Å². The smallest absolute Gasteiger partial charge is 0.126 e. The van der Waals surface area contributed by atoms with Crippen molar-refractivity contribution >= 4 is 0 Å². The van der Waals surface area contributed by atoms with Crippen molar-refractivity contribution in [1.82, 2.24) is 9.97 Å². The van der Waals surface area contributed by atoms with Crippen molar-refractivity contribution in [3.8, 4) is 11.3 Å². The van der Waals surface area contributed by atoms with E-state index in [1.807, 2.05) is 26.1 Å². The maximum absolute atomic E-state index is 13.7. The van der Waals surface area contributed by atoms with Crippen LogP contribution in [0, 0.1) is 5.82 Å². The molecule has 0 saturated heterocycles. The molecule has 0 atom stereocenters. The van der Waals surface area contributed by atoms with Gasteiger partial charge in [-0.25, -0.2) is 4.39 Å². The van der Waals surface area contributed by atoms with E-state index in [-0.39, 0.29) is 11.7 Å². The lowest BCUT2D eigenvalue weighted by molar-refractivity contribution is 0.598. The number of hydrogen-bond acceptors (Lipinski definition) is 2. The molecule has 1 fully saturated rings. The number of rotatable bonds is 3. The first-order chi connectivity index (χ1) is 9.15. The molecule has 98 valence electrons. The third-order valence-corrected chi connectivity index (χ3v) is 3.58. The molecule has 3 heteroatoms. The maximum Gasteiger partial charge on any atom is 0.126 e. The zero-order chi connectivity index (χ0) is 13.4. The van der Waals surface area contributed by atoms with Crippen LogP contribution < -0.4 is 0 Å². The van der Waals surface area contributed by atoms with Crippen molar-refractivity contribution in [1.29, 1.82) is 0 Å². The van der Waals surface area contributed by atoms with Crippen LogP contribution in [0.2, 0.25) is 0 Å². The number of hydrogen-bond donors (Lipinski definition) is 0. The molecule has 1 heterocycles. The summed E-state index contributed by atoms with van der Waals surface area (Å²) in [5, 5.41) is 0. The Kier molecular flexibility index (Phi) is 3.05. The van der Waals surface area contributed by atoms with Crippen LogP contribution in [0.4, 0.5) is 4.39 Å². The van der Waals surface area contributed by atoms with Gasteiger partial charge in [-0.1, -0.05) is 13.8 Å². The summed E-state index contributed by atoms with van der Waals surface area (Å²) in [6, 6.07) is 5.16. The summed E-state index contributed by atoms with van der Waals surface area (Å²) in [6.45, 7) is 3.98. The lowest BCUT2D eigenvalue weighted by Crippen LogP contribution is -1.96. The van der Waals surface area contributed by atoms with Gasteiger partial charge in [0, 0.05) is 17.7 Å². The van der Waals surface area contributed by atoms with Crippen molar-refractivity contribution in [2.45, 2.75) is 38.5 Å². The van der Waals surface area contributed by atoms with Crippen molar-refractivity contribution < 1.29 is 4.39 Å². The minimum atomic E-state index is -0.152. The Labute approximate surface area is 112 Å². The number of nitrogens with zero attached hydrogens (tertiary/aromatic N) is 2. The van der Waals surface area contributed by atoms with E-state index in [0.29, 0.717) is 5.92 Å². The van der Waals surface area contributed by atoms with Gasteiger partial charge in [0.05, 0.1) is 17.6 Å². The summed E-state index contributed by atoms with van der Waals surface area (Å²) in [7, 11) is 0. The molecule has 2 nitrogen and oxygen atoms in total. The van der Waals surface area contributed by atoms with E-state index < -0.39 is 0 Å². The molecule has 1 aliphatic rings. The molecule has 0 bridgehead atoms. The van der Waals surface area contributed by atoms with E-state index in [2.05, 4.69) is 9.97 Å². The molecular formula is C16H17FN2. The van der Waals surface area contributed by atoms with Crippen LogP contribution >= 0.6 is 0 Å². The van der Waals surface area contributed by atoms with Crippen LogP contribution in [0.1, 0.15) is 49.8 Å². The topological polar surface area (TPSA) is 25.8 Å². The molecule has 1 aromatic heterocycles. The zero-order valence-corrected chi connectivity index (χ0v) is 11.2. The Hall–Kier alpha value is -1.77. The minimum Gasteiger partial charge on any atom is -0.257 e. The number of aromatic nitrogens is 2. The lowest BCUT2D eigenvalue weighted by atomic mass is 9.99. The van der Waals surface area contributed by atoms with Gasteiger partial charge in [-0.05, 0) is 42.5 Å². The molecule has 0 unspecified atom stereocenters. The number of halogens is 1. The van der Waals surface area contributed by atoms with Gasteiger partial charge >= 0.3 is 0 Å². The van der Waals surface area contributed by atoms with Gasteiger partial charge in [-0.15, -0.1) is 0 Å². The van der Waals surface area contributed by atoms with E-state index in [0.717, 1.165) is 22.5 Å². The van der Waals surface area contributed by atoms with Crippen LogP contribution in [0.25, 0.3) is 11.3 Å². The molecule has 0 spiro atoms. The van der Waals surface area contributed by atoms with E-state index in [4.69, 9.17) is 0 Å². The summed E-state index contributed by atoms with van der Waals surface area (Å²) >= 11 is 0. The second-order valence-electron chi connectivity index (χ2n) is 5.49. The van der Waals surface area contributed by atoms with Crippen LogP contribution in [-0.4, -0.2) is 9.97 Å². The van der Waals surface area contributed by atoms with E-state index in [1.165, 1.54) is 18.9 Å². The van der Waals surface area contributed by atoms with Crippen LogP contribution in [0.3, 0.4) is 0 Å².